The minimum Gasteiger partial charge on any atom is -0.347 e. The highest BCUT2D eigenvalue weighted by Gasteiger charge is 2.15. The van der Waals surface area contributed by atoms with Gasteiger partial charge in [-0.05, 0) is 43.9 Å². The third-order valence-corrected chi connectivity index (χ3v) is 4.80. The molecule has 2 heterocycles. The van der Waals surface area contributed by atoms with Crippen molar-refractivity contribution in [3.63, 3.8) is 0 Å². The van der Waals surface area contributed by atoms with Crippen LogP contribution in [0.4, 0.5) is 0 Å². The van der Waals surface area contributed by atoms with Crippen LogP contribution in [0.3, 0.4) is 0 Å². The average Bonchev–Trinajstić information content (AvgIpc) is 3.08. The lowest BCUT2D eigenvalue weighted by atomic mass is 10.0. The van der Waals surface area contributed by atoms with Crippen LogP contribution in [0.25, 0.3) is 5.65 Å². The van der Waals surface area contributed by atoms with Crippen molar-refractivity contribution in [2.75, 3.05) is 0 Å². The molecule has 0 radical (unpaired) electrons. The summed E-state index contributed by atoms with van der Waals surface area (Å²) in [6.07, 6.45) is 7.79. The molecule has 1 N–H and O–H groups in total. The fourth-order valence-electron chi connectivity index (χ4n) is 3.36. The average molecular weight is 364 g/mol. The smallest absolute Gasteiger partial charge is 0.274 e. The predicted octanol–water partition coefficient (Wildman–Crippen LogP) is 4.40. The van der Waals surface area contributed by atoms with Gasteiger partial charge in [0.2, 0.25) is 0 Å². The van der Waals surface area contributed by atoms with Crippen molar-refractivity contribution in [2.24, 2.45) is 0 Å². The molecule has 5 heteroatoms. The largest absolute Gasteiger partial charge is 0.347 e. The molecule has 2 aromatic heterocycles. The molecule has 3 aromatic rings. The van der Waals surface area contributed by atoms with Crippen LogP contribution < -0.4 is 5.32 Å². The monoisotopic (exact) mass is 364 g/mol. The number of unbranched alkanes of at least 4 members (excludes halogenated alkanes) is 3. The molecule has 0 aliphatic heterocycles. The van der Waals surface area contributed by atoms with Gasteiger partial charge in [-0.1, -0.05) is 50.5 Å². The molecule has 0 spiro atoms. The van der Waals surface area contributed by atoms with Crippen molar-refractivity contribution in [3.8, 4) is 0 Å². The second-order valence-electron chi connectivity index (χ2n) is 7.14. The molecule has 0 fully saturated rings. The number of carbonyl (C=O) groups excluding carboxylic acids is 1. The highest BCUT2D eigenvalue weighted by molar-refractivity contribution is 5.97. The Morgan fingerprint density at radius 1 is 1.11 bits per heavy atom. The molecule has 0 aliphatic rings. The summed E-state index contributed by atoms with van der Waals surface area (Å²) in [4.78, 5) is 21.4. The number of hydrogen-bond acceptors (Lipinski definition) is 3. The van der Waals surface area contributed by atoms with Crippen LogP contribution in [0, 0.1) is 13.8 Å². The van der Waals surface area contributed by atoms with E-state index in [2.05, 4.69) is 40.4 Å². The van der Waals surface area contributed by atoms with E-state index in [1.54, 1.807) is 6.33 Å². The van der Waals surface area contributed by atoms with Crippen LogP contribution in [-0.4, -0.2) is 20.3 Å². The first-order valence-electron chi connectivity index (χ1n) is 9.76. The van der Waals surface area contributed by atoms with E-state index in [1.807, 2.05) is 30.4 Å². The van der Waals surface area contributed by atoms with Gasteiger partial charge in [-0.25, -0.2) is 9.97 Å². The number of nitrogens with one attached hydrogen (secondary N) is 1. The van der Waals surface area contributed by atoms with Gasteiger partial charge in [-0.3, -0.25) is 9.20 Å². The van der Waals surface area contributed by atoms with E-state index >= 15 is 0 Å². The van der Waals surface area contributed by atoms with Crippen LogP contribution in [0.2, 0.25) is 0 Å². The molecule has 0 aliphatic carbocycles. The summed E-state index contributed by atoms with van der Waals surface area (Å²) in [6, 6.07) is 10.4. The third-order valence-electron chi connectivity index (χ3n) is 4.80. The van der Waals surface area contributed by atoms with Crippen LogP contribution in [0.1, 0.15) is 65.6 Å². The Morgan fingerprint density at radius 3 is 2.74 bits per heavy atom. The van der Waals surface area contributed by atoms with Gasteiger partial charge in [0.1, 0.15) is 6.33 Å². The first-order chi connectivity index (χ1) is 13.1. The van der Waals surface area contributed by atoms with E-state index < -0.39 is 0 Å². The fraction of sp³-hybridized carbons (Fsp3) is 0.409. The van der Waals surface area contributed by atoms with Crippen molar-refractivity contribution >= 4 is 11.6 Å². The van der Waals surface area contributed by atoms with Gasteiger partial charge in [-0.15, -0.1) is 0 Å². The Bertz CT molecular complexity index is 929. The van der Waals surface area contributed by atoms with Crippen molar-refractivity contribution in [1.29, 1.82) is 0 Å². The summed E-state index contributed by atoms with van der Waals surface area (Å²) in [7, 11) is 0. The number of amides is 1. The molecule has 1 aromatic carbocycles. The molecule has 142 valence electrons. The number of rotatable bonds is 8. The molecule has 27 heavy (non-hydrogen) atoms. The number of fused-ring (bicyclic) bond motifs is 1. The Labute approximate surface area is 160 Å². The molecular formula is C22H28N4O. The number of aryl methyl sites for hydroxylation is 3. The molecule has 0 atom stereocenters. The van der Waals surface area contributed by atoms with Gasteiger partial charge >= 0.3 is 0 Å². The normalized spacial score (nSPS) is 11.1. The predicted molar refractivity (Wildman–Crippen MR) is 108 cm³/mol. The van der Waals surface area contributed by atoms with Crippen molar-refractivity contribution in [1.82, 2.24) is 19.7 Å². The van der Waals surface area contributed by atoms with E-state index in [0.29, 0.717) is 17.9 Å². The zero-order valence-electron chi connectivity index (χ0n) is 16.5. The first-order valence-corrected chi connectivity index (χ1v) is 9.76. The maximum atomic E-state index is 12.6. The Balaban J connectivity index is 1.64. The van der Waals surface area contributed by atoms with Crippen LogP contribution in [-0.2, 0) is 13.0 Å². The molecule has 5 nitrogen and oxygen atoms in total. The molecular weight excluding hydrogens is 336 g/mol. The topological polar surface area (TPSA) is 59.3 Å². The van der Waals surface area contributed by atoms with Crippen molar-refractivity contribution in [2.45, 2.75) is 59.4 Å². The molecule has 1 amide bonds. The zero-order valence-corrected chi connectivity index (χ0v) is 16.5. The summed E-state index contributed by atoms with van der Waals surface area (Å²) in [5.74, 6) is -0.191. The Hall–Kier alpha value is -2.69. The molecule has 0 bridgehead atoms. The second kappa shape index (κ2) is 8.80. The quantitative estimate of drug-likeness (QED) is 0.603. The van der Waals surface area contributed by atoms with Gasteiger partial charge in [-0.2, -0.15) is 0 Å². The van der Waals surface area contributed by atoms with Crippen LogP contribution in [0.15, 0.2) is 36.7 Å². The standard InChI is InChI=1S/C22H28N4O/c1-4-5-6-7-9-18-10-8-11-19(13-18)14-23-22(27)20-21-25-16(2)12-17(3)26(21)15-24-20/h8,10-13,15H,4-7,9,14H2,1-3H3,(H,23,27). The number of imidazole rings is 1. The van der Waals surface area contributed by atoms with E-state index in [4.69, 9.17) is 0 Å². The molecule has 0 saturated heterocycles. The first kappa shape index (κ1) is 19.1. The fourth-order valence-corrected chi connectivity index (χ4v) is 3.36. The Morgan fingerprint density at radius 2 is 1.93 bits per heavy atom. The number of aromatic nitrogens is 3. The van der Waals surface area contributed by atoms with E-state index in [9.17, 15) is 4.79 Å². The van der Waals surface area contributed by atoms with E-state index in [1.165, 1.54) is 31.2 Å². The number of carbonyl (C=O) groups is 1. The number of benzene rings is 1. The second-order valence-corrected chi connectivity index (χ2v) is 7.14. The van der Waals surface area contributed by atoms with Gasteiger partial charge in [0.25, 0.3) is 5.91 Å². The number of hydrogen-bond donors (Lipinski definition) is 1. The SMILES string of the molecule is CCCCCCc1cccc(CNC(=O)c2ncn3c(C)cc(C)nc23)c1. The van der Waals surface area contributed by atoms with Gasteiger partial charge < -0.3 is 5.32 Å². The summed E-state index contributed by atoms with van der Waals surface area (Å²) in [5, 5.41) is 2.98. The third kappa shape index (κ3) is 4.73. The van der Waals surface area contributed by atoms with Gasteiger partial charge in [0, 0.05) is 17.9 Å². The lowest BCUT2D eigenvalue weighted by Crippen LogP contribution is -2.23. The van der Waals surface area contributed by atoms with Crippen LogP contribution >= 0.6 is 0 Å². The summed E-state index contributed by atoms with van der Waals surface area (Å²) in [5.41, 5.74) is 5.32. The van der Waals surface area contributed by atoms with E-state index in [-0.39, 0.29) is 5.91 Å². The molecule has 0 saturated carbocycles. The summed E-state index contributed by atoms with van der Waals surface area (Å²) < 4.78 is 1.85. The van der Waals surface area contributed by atoms with Gasteiger partial charge in [0.15, 0.2) is 11.3 Å². The van der Waals surface area contributed by atoms with Gasteiger partial charge in [0.05, 0.1) is 0 Å². The maximum absolute atomic E-state index is 12.6. The van der Waals surface area contributed by atoms with Crippen molar-refractivity contribution in [3.05, 3.63) is 64.9 Å². The molecule has 3 rings (SSSR count). The van der Waals surface area contributed by atoms with Crippen molar-refractivity contribution < 1.29 is 4.79 Å². The highest BCUT2D eigenvalue weighted by atomic mass is 16.1. The van der Waals surface area contributed by atoms with E-state index in [0.717, 1.165) is 23.4 Å². The maximum Gasteiger partial charge on any atom is 0.274 e. The highest BCUT2D eigenvalue weighted by Crippen LogP contribution is 2.13. The lowest BCUT2D eigenvalue weighted by Gasteiger charge is -2.07. The zero-order chi connectivity index (χ0) is 19.2. The summed E-state index contributed by atoms with van der Waals surface area (Å²) in [6.45, 7) is 6.63. The minimum absolute atomic E-state index is 0.191. The Kier molecular flexibility index (Phi) is 6.22. The minimum atomic E-state index is -0.191. The summed E-state index contributed by atoms with van der Waals surface area (Å²) >= 11 is 0. The number of nitrogens with zero attached hydrogens (tertiary/aromatic N) is 3. The van der Waals surface area contributed by atoms with Crippen LogP contribution in [0.5, 0.6) is 0 Å². The lowest BCUT2D eigenvalue weighted by molar-refractivity contribution is 0.0948. The molecule has 0 unspecified atom stereocenters.